The number of rotatable bonds is 4. The first-order valence-corrected chi connectivity index (χ1v) is 9.67. The summed E-state index contributed by atoms with van der Waals surface area (Å²) in [6.07, 6.45) is 0.998. The normalized spacial score (nSPS) is 14.0. The van der Waals surface area contributed by atoms with Crippen LogP contribution in [0.3, 0.4) is 0 Å². The van der Waals surface area contributed by atoms with Crippen LogP contribution < -0.4 is 5.32 Å². The van der Waals surface area contributed by atoms with Crippen molar-refractivity contribution in [3.63, 3.8) is 0 Å². The van der Waals surface area contributed by atoms with Crippen molar-refractivity contribution in [3.8, 4) is 11.3 Å². The summed E-state index contributed by atoms with van der Waals surface area (Å²) in [6.45, 7) is 4.20. The van der Waals surface area contributed by atoms with E-state index in [0.717, 1.165) is 30.8 Å². The number of benzene rings is 2. The van der Waals surface area contributed by atoms with Crippen molar-refractivity contribution >= 4 is 22.4 Å². The Kier molecular flexibility index (Phi) is 4.82. The first-order valence-electron chi connectivity index (χ1n) is 8.79. The molecule has 1 aromatic heterocycles. The molecule has 0 radical (unpaired) electrons. The van der Waals surface area contributed by atoms with Gasteiger partial charge in [0, 0.05) is 24.0 Å². The summed E-state index contributed by atoms with van der Waals surface area (Å²) in [4.78, 5) is 19.1. The summed E-state index contributed by atoms with van der Waals surface area (Å²) in [5.74, 6) is -0.00538. The molecule has 0 saturated heterocycles. The molecule has 2 aromatic carbocycles. The molecular weight excluding hydrogens is 342 g/mol. The Morgan fingerprint density at radius 2 is 1.92 bits per heavy atom. The molecular formula is C21H21N3OS. The number of hydrogen-bond acceptors (Lipinski definition) is 4. The van der Waals surface area contributed by atoms with Gasteiger partial charge in [0.2, 0.25) is 5.91 Å². The standard InChI is InChI=1S/C21H21N3OS/c1-15-6-8-17(9-7-15)19-14-26-21(22-19)23-20(25)13-24-11-10-16-4-2-3-5-18(16)12-24/h2-9,14H,10-13H2,1H3,(H,22,23,25). The largest absolute Gasteiger partial charge is 0.301 e. The van der Waals surface area contributed by atoms with Crippen LogP contribution in [-0.2, 0) is 17.8 Å². The first kappa shape index (κ1) is 16.9. The lowest BCUT2D eigenvalue weighted by Crippen LogP contribution is -2.37. The predicted octanol–water partition coefficient (Wildman–Crippen LogP) is 4.12. The number of hydrogen-bond donors (Lipinski definition) is 1. The minimum absolute atomic E-state index is 0.00538. The fourth-order valence-electron chi connectivity index (χ4n) is 3.24. The van der Waals surface area contributed by atoms with E-state index in [0.29, 0.717) is 11.7 Å². The topological polar surface area (TPSA) is 45.2 Å². The maximum atomic E-state index is 12.4. The predicted molar refractivity (Wildman–Crippen MR) is 106 cm³/mol. The zero-order valence-electron chi connectivity index (χ0n) is 14.7. The Hall–Kier alpha value is -2.50. The van der Waals surface area contributed by atoms with E-state index in [1.54, 1.807) is 0 Å². The van der Waals surface area contributed by atoms with Gasteiger partial charge in [-0.1, -0.05) is 54.1 Å². The Morgan fingerprint density at radius 3 is 2.73 bits per heavy atom. The van der Waals surface area contributed by atoms with Crippen LogP contribution in [0.25, 0.3) is 11.3 Å². The quantitative estimate of drug-likeness (QED) is 0.758. The van der Waals surface area contributed by atoms with E-state index in [2.05, 4.69) is 70.7 Å². The molecule has 0 spiro atoms. The molecule has 0 atom stereocenters. The van der Waals surface area contributed by atoms with Crippen molar-refractivity contribution in [2.75, 3.05) is 18.4 Å². The average molecular weight is 363 g/mol. The van der Waals surface area contributed by atoms with Crippen molar-refractivity contribution < 1.29 is 4.79 Å². The number of amides is 1. The highest BCUT2D eigenvalue weighted by molar-refractivity contribution is 7.14. The van der Waals surface area contributed by atoms with Crippen LogP contribution >= 0.6 is 11.3 Å². The Morgan fingerprint density at radius 1 is 1.15 bits per heavy atom. The molecule has 1 aliphatic rings. The van der Waals surface area contributed by atoms with Gasteiger partial charge < -0.3 is 5.32 Å². The summed E-state index contributed by atoms with van der Waals surface area (Å²) >= 11 is 1.47. The third kappa shape index (κ3) is 3.84. The van der Waals surface area contributed by atoms with E-state index in [9.17, 15) is 4.79 Å². The lowest BCUT2D eigenvalue weighted by atomic mass is 10.00. The lowest BCUT2D eigenvalue weighted by Gasteiger charge is -2.27. The van der Waals surface area contributed by atoms with Gasteiger partial charge in [0.15, 0.2) is 5.13 Å². The Labute approximate surface area is 157 Å². The van der Waals surface area contributed by atoms with Crippen molar-refractivity contribution in [3.05, 3.63) is 70.6 Å². The second-order valence-corrected chi connectivity index (χ2v) is 7.54. The van der Waals surface area contributed by atoms with Crippen molar-refractivity contribution in [2.45, 2.75) is 19.9 Å². The molecule has 132 valence electrons. The van der Waals surface area contributed by atoms with Crippen LogP contribution in [0.15, 0.2) is 53.9 Å². The molecule has 5 heteroatoms. The second kappa shape index (κ2) is 7.40. The minimum Gasteiger partial charge on any atom is -0.301 e. The van der Waals surface area contributed by atoms with Gasteiger partial charge in [0.1, 0.15) is 0 Å². The van der Waals surface area contributed by atoms with E-state index < -0.39 is 0 Å². The van der Waals surface area contributed by atoms with E-state index in [-0.39, 0.29) is 5.91 Å². The monoisotopic (exact) mass is 363 g/mol. The van der Waals surface area contributed by atoms with Crippen LogP contribution in [0.2, 0.25) is 0 Å². The van der Waals surface area contributed by atoms with Gasteiger partial charge in [-0.2, -0.15) is 0 Å². The molecule has 4 nitrogen and oxygen atoms in total. The summed E-state index contributed by atoms with van der Waals surface area (Å²) < 4.78 is 0. The van der Waals surface area contributed by atoms with Gasteiger partial charge in [-0.05, 0) is 24.5 Å². The lowest BCUT2D eigenvalue weighted by molar-refractivity contribution is -0.117. The maximum Gasteiger partial charge on any atom is 0.240 e. The van der Waals surface area contributed by atoms with Crippen molar-refractivity contribution in [1.82, 2.24) is 9.88 Å². The van der Waals surface area contributed by atoms with Gasteiger partial charge in [-0.25, -0.2) is 4.98 Å². The summed E-state index contributed by atoms with van der Waals surface area (Å²) in [5.41, 5.74) is 5.91. The average Bonchev–Trinajstić information content (AvgIpc) is 3.10. The number of thiazole rings is 1. The van der Waals surface area contributed by atoms with Crippen LogP contribution in [0, 0.1) is 6.92 Å². The van der Waals surface area contributed by atoms with Crippen LogP contribution in [-0.4, -0.2) is 28.9 Å². The molecule has 1 aliphatic heterocycles. The van der Waals surface area contributed by atoms with Crippen LogP contribution in [0.5, 0.6) is 0 Å². The molecule has 1 amide bonds. The highest BCUT2D eigenvalue weighted by Crippen LogP contribution is 2.25. The molecule has 3 aromatic rings. The number of aromatic nitrogens is 1. The molecule has 4 rings (SSSR count). The number of anilines is 1. The maximum absolute atomic E-state index is 12.4. The minimum atomic E-state index is -0.00538. The molecule has 0 saturated carbocycles. The number of carbonyl (C=O) groups is 1. The Bertz CT molecular complexity index is 917. The summed E-state index contributed by atoms with van der Waals surface area (Å²) in [5, 5.41) is 5.58. The SMILES string of the molecule is Cc1ccc(-c2csc(NC(=O)CN3CCc4ccccc4C3)n2)cc1. The molecule has 0 fully saturated rings. The first-order chi connectivity index (χ1) is 12.7. The van der Waals surface area contributed by atoms with Gasteiger partial charge in [-0.15, -0.1) is 11.3 Å². The van der Waals surface area contributed by atoms with E-state index in [4.69, 9.17) is 0 Å². The van der Waals surface area contributed by atoms with Crippen LogP contribution in [0.1, 0.15) is 16.7 Å². The fraction of sp³-hybridized carbons (Fsp3) is 0.238. The third-order valence-corrected chi connectivity index (χ3v) is 5.43. The number of carbonyl (C=O) groups excluding carboxylic acids is 1. The highest BCUT2D eigenvalue weighted by Gasteiger charge is 2.18. The number of aryl methyl sites for hydroxylation is 1. The highest BCUT2D eigenvalue weighted by atomic mass is 32.1. The molecule has 26 heavy (non-hydrogen) atoms. The van der Waals surface area contributed by atoms with Gasteiger partial charge in [0.25, 0.3) is 0 Å². The molecule has 1 N–H and O–H groups in total. The van der Waals surface area contributed by atoms with Crippen molar-refractivity contribution in [1.29, 1.82) is 0 Å². The zero-order chi connectivity index (χ0) is 17.9. The number of nitrogens with zero attached hydrogens (tertiary/aromatic N) is 2. The molecule has 0 bridgehead atoms. The smallest absolute Gasteiger partial charge is 0.240 e. The second-order valence-electron chi connectivity index (χ2n) is 6.68. The van der Waals surface area contributed by atoms with E-state index in [1.807, 2.05) is 5.38 Å². The van der Waals surface area contributed by atoms with Gasteiger partial charge in [0.05, 0.1) is 12.2 Å². The van der Waals surface area contributed by atoms with Crippen molar-refractivity contribution in [2.24, 2.45) is 0 Å². The van der Waals surface area contributed by atoms with E-state index in [1.165, 1.54) is 28.0 Å². The van der Waals surface area contributed by atoms with Gasteiger partial charge in [-0.3, -0.25) is 9.69 Å². The summed E-state index contributed by atoms with van der Waals surface area (Å²) in [6, 6.07) is 16.7. The number of nitrogens with one attached hydrogen (secondary N) is 1. The zero-order valence-corrected chi connectivity index (χ0v) is 15.6. The molecule has 0 aliphatic carbocycles. The van der Waals surface area contributed by atoms with Crippen LogP contribution in [0.4, 0.5) is 5.13 Å². The number of fused-ring (bicyclic) bond motifs is 1. The summed E-state index contributed by atoms with van der Waals surface area (Å²) in [7, 11) is 0. The third-order valence-electron chi connectivity index (χ3n) is 4.67. The van der Waals surface area contributed by atoms with Gasteiger partial charge >= 0.3 is 0 Å². The molecule has 2 heterocycles. The van der Waals surface area contributed by atoms with E-state index >= 15 is 0 Å². The Balaban J connectivity index is 1.36. The fourth-order valence-corrected chi connectivity index (χ4v) is 3.97. The molecule has 0 unspecified atom stereocenters.